The molecule has 2 fully saturated rings. The third kappa shape index (κ3) is 10.3. The van der Waals surface area contributed by atoms with Gasteiger partial charge in [0.25, 0.3) is 0 Å². The van der Waals surface area contributed by atoms with Crippen molar-refractivity contribution in [1.82, 2.24) is 9.80 Å². The predicted octanol–water partition coefficient (Wildman–Crippen LogP) is 5.48. The van der Waals surface area contributed by atoms with Crippen LogP contribution in [-0.2, 0) is 22.3 Å². The van der Waals surface area contributed by atoms with Gasteiger partial charge in [-0.2, -0.15) is 0 Å². The maximum absolute atomic E-state index is 9.17. The second kappa shape index (κ2) is 16.9. The summed E-state index contributed by atoms with van der Waals surface area (Å²) in [5.74, 6) is 0. The number of hydrogen-bond donors (Lipinski definition) is 2. The van der Waals surface area contributed by atoms with E-state index >= 15 is 0 Å². The molecule has 41 heavy (non-hydrogen) atoms. The minimum Gasteiger partial charge on any atom is -0.390 e. The average Bonchev–Trinajstić information content (AvgIpc) is 3.59. The van der Waals surface area contributed by atoms with Gasteiger partial charge in [0.2, 0.25) is 0 Å². The molecule has 0 saturated carbocycles. The Morgan fingerprint density at radius 1 is 0.634 bits per heavy atom. The number of β-amino-alcohol motifs (C(OH)–C–C–N with tert-alkyl or cyclic N) is 2. The lowest BCUT2D eigenvalue weighted by Gasteiger charge is -2.35. The number of halogens is 1. The van der Waals surface area contributed by atoms with Crippen LogP contribution in [0, 0.1) is 0 Å². The van der Waals surface area contributed by atoms with Crippen molar-refractivity contribution in [3.05, 3.63) is 70.4 Å². The molecular weight excluding hydrogens is 576 g/mol. The van der Waals surface area contributed by atoms with Crippen LogP contribution in [0.2, 0.25) is 0 Å². The number of aliphatic hydroxyl groups excluding tert-OH is 2. The Morgan fingerprint density at radius 2 is 1.07 bits per heavy atom. The van der Waals surface area contributed by atoms with Gasteiger partial charge in [-0.3, -0.25) is 9.80 Å². The van der Waals surface area contributed by atoms with E-state index in [0.717, 1.165) is 91.4 Å². The van der Waals surface area contributed by atoms with Gasteiger partial charge in [-0.25, -0.2) is 0 Å². The molecule has 0 unspecified atom stereocenters. The summed E-state index contributed by atoms with van der Waals surface area (Å²) in [6, 6.07) is 17.7. The molecule has 0 aliphatic carbocycles. The Balaban J connectivity index is 0.000000184. The lowest BCUT2D eigenvalue weighted by molar-refractivity contribution is -0.00317. The van der Waals surface area contributed by atoms with Crippen LogP contribution in [0.25, 0.3) is 20.2 Å². The summed E-state index contributed by atoms with van der Waals surface area (Å²) >= 11 is 3.58. The number of fused-ring (bicyclic) bond motifs is 2. The Labute approximate surface area is 257 Å². The van der Waals surface area contributed by atoms with Crippen molar-refractivity contribution < 1.29 is 19.7 Å². The summed E-state index contributed by atoms with van der Waals surface area (Å²) in [4.78, 5) is 4.52. The van der Waals surface area contributed by atoms with Crippen LogP contribution in [-0.4, -0.2) is 97.9 Å². The van der Waals surface area contributed by atoms with E-state index in [1.54, 1.807) is 22.7 Å². The number of nitrogens with zero attached hydrogens (tertiary/aromatic N) is 2. The molecule has 2 aliphatic rings. The van der Waals surface area contributed by atoms with Crippen molar-refractivity contribution in [3.8, 4) is 0 Å². The van der Waals surface area contributed by atoms with Crippen LogP contribution in [0.5, 0.6) is 0 Å². The zero-order chi connectivity index (χ0) is 27.6. The summed E-state index contributed by atoms with van der Waals surface area (Å²) < 4.78 is 14.1. The first-order valence-electron chi connectivity index (χ1n) is 14.5. The molecule has 6 nitrogen and oxygen atoms in total. The molecule has 0 amide bonds. The highest BCUT2D eigenvalue weighted by Crippen LogP contribution is 2.23. The number of hydrogen-bond acceptors (Lipinski definition) is 8. The van der Waals surface area contributed by atoms with Crippen molar-refractivity contribution in [2.45, 2.75) is 37.9 Å². The first-order chi connectivity index (χ1) is 19.6. The van der Waals surface area contributed by atoms with E-state index in [4.69, 9.17) is 9.47 Å². The molecule has 9 heteroatoms. The fraction of sp³-hybridized carbons (Fsp3) is 0.500. The molecule has 0 bridgehead atoms. The summed E-state index contributed by atoms with van der Waals surface area (Å²) in [5.41, 5.74) is 2.70. The van der Waals surface area contributed by atoms with Crippen LogP contribution in [0.4, 0.5) is 0 Å². The number of likely N-dealkylation sites (tertiary alicyclic amines) is 2. The van der Waals surface area contributed by atoms with Crippen LogP contribution < -0.4 is 0 Å². The van der Waals surface area contributed by atoms with Crippen LogP contribution in [0.3, 0.4) is 0 Å². The van der Waals surface area contributed by atoms with Gasteiger partial charge in [0, 0.05) is 61.9 Å². The minimum absolute atomic E-state index is 0. The Hall–Kier alpha value is -1.59. The monoisotopic (exact) mass is 618 g/mol. The Morgan fingerprint density at radius 3 is 1.49 bits per heavy atom. The largest absolute Gasteiger partial charge is 0.390 e. The Bertz CT molecular complexity index is 1200. The second-order valence-electron chi connectivity index (χ2n) is 10.8. The van der Waals surface area contributed by atoms with Gasteiger partial charge in [0.05, 0.1) is 25.4 Å². The average molecular weight is 619 g/mol. The maximum atomic E-state index is 9.17. The molecule has 2 aromatic heterocycles. The summed E-state index contributed by atoms with van der Waals surface area (Å²) in [7, 11) is 0. The molecule has 6 rings (SSSR count). The highest BCUT2D eigenvalue weighted by atomic mass is 35.5. The molecule has 0 spiro atoms. The smallest absolute Gasteiger partial charge is 0.0793 e. The van der Waals surface area contributed by atoms with Gasteiger partial charge >= 0.3 is 0 Å². The van der Waals surface area contributed by atoms with E-state index in [0.29, 0.717) is 0 Å². The molecular formula is C32H43ClN2O4S2. The van der Waals surface area contributed by atoms with E-state index in [2.05, 4.69) is 69.1 Å². The first kappa shape index (κ1) is 32.3. The van der Waals surface area contributed by atoms with Gasteiger partial charge in [0.1, 0.15) is 0 Å². The molecule has 0 atom stereocenters. The molecule has 4 aromatic rings. The van der Waals surface area contributed by atoms with E-state index < -0.39 is 0 Å². The van der Waals surface area contributed by atoms with Crippen molar-refractivity contribution in [3.63, 3.8) is 0 Å². The van der Waals surface area contributed by atoms with Crippen molar-refractivity contribution in [1.29, 1.82) is 0 Å². The highest BCUT2D eigenvalue weighted by molar-refractivity contribution is 7.17. The van der Waals surface area contributed by atoms with E-state index in [1.807, 2.05) is 0 Å². The lowest BCUT2D eigenvalue weighted by Crippen LogP contribution is -2.50. The fourth-order valence-corrected chi connectivity index (χ4v) is 6.70. The first-order valence-corrected chi connectivity index (χ1v) is 16.3. The zero-order valence-electron chi connectivity index (χ0n) is 23.7. The van der Waals surface area contributed by atoms with Crippen molar-refractivity contribution in [2.75, 3.05) is 65.7 Å². The standard InChI is InChI=1S/2C16H21NO2S.ClH/c2*18-15-11-17(12-15)6-1-7-19-8-4-13-2-3-16-14(10-13)5-9-20-16;/h2*2-3,5,9-10,15,18H,1,4,6-8,11-12H2;1H. The van der Waals surface area contributed by atoms with Gasteiger partial charge < -0.3 is 19.7 Å². The fourth-order valence-electron chi connectivity index (χ4n) is 5.16. The molecule has 0 radical (unpaired) electrons. The SMILES string of the molecule is Cl.OC1CN(CCCOCCc2ccc3sccc3c2)C1.OC1CN(CCCOCCc2ccc3sccc3c2)C1. The third-order valence-corrected chi connectivity index (χ3v) is 9.30. The number of rotatable bonds is 14. The van der Waals surface area contributed by atoms with Gasteiger partial charge in [0.15, 0.2) is 0 Å². The summed E-state index contributed by atoms with van der Waals surface area (Å²) in [6.45, 7) is 8.62. The lowest BCUT2D eigenvalue weighted by atomic mass is 10.1. The predicted molar refractivity (Wildman–Crippen MR) is 174 cm³/mol. The van der Waals surface area contributed by atoms with Crippen molar-refractivity contribution >= 4 is 55.3 Å². The number of thiophene rings is 2. The summed E-state index contributed by atoms with van der Waals surface area (Å²) in [5, 5.41) is 25.3. The van der Waals surface area contributed by atoms with Gasteiger partial charge in [-0.05, 0) is 82.6 Å². The van der Waals surface area contributed by atoms with E-state index in [9.17, 15) is 10.2 Å². The topological polar surface area (TPSA) is 65.4 Å². The summed E-state index contributed by atoms with van der Waals surface area (Å²) in [6.07, 6.45) is 3.88. The Kier molecular flexibility index (Phi) is 13.3. The molecule has 224 valence electrons. The molecule has 2 saturated heterocycles. The minimum atomic E-state index is -0.0945. The molecule has 4 heterocycles. The van der Waals surface area contributed by atoms with Crippen LogP contribution >= 0.6 is 35.1 Å². The molecule has 2 aliphatic heterocycles. The van der Waals surface area contributed by atoms with Crippen LogP contribution in [0.1, 0.15) is 24.0 Å². The molecule has 2 N–H and O–H groups in total. The molecule has 2 aromatic carbocycles. The quantitative estimate of drug-likeness (QED) is 0.183. The highest BCUT2D eigenvalue weighted by Gasteiger charge is 2.23. The van der Waals surface area contributed by atoms with Crippen molar-refractivity contribution in [2.24, 2.45) is 0 Å². The number of benzene rings is 2. The van der Waals surface area contributed by atoms with Gasteiger partial charge in [-0.1, -0.05) is 24.3 Å². The second-order valence-corrected chi connectivity index (χ2v) is 12.7. The van der Waals surface area contributed by atoms with Crippen LogP contribution in [0.15, 0.2) is 59.3 Å². The zero-order valence-corrected chi connectivity index (χ0v) is 26.1. The van der Waals surface area contributed by atoms with E-state index in [-0.39, 0.29) is 24.6 Å². The van der Waals surface area contributed by atoms with E-state index in [1.165, 1.54) is 31.3 Å². The maximum Gasteiger partial charge on any atom is 0.0793 e. The number of aliphatic hydroxyl groups is 2. The number of ether oxygens (including phenoxy) is 2. The normalized spacial score (nSPS) is 16.2. The third-order valence-electron chi connectivity index (χ3n) is 7.51. The van der Waals surface area contributed by atoms with Gasteiger partial charge in [-0.15, -0.1) is 35.1 Å².